The molecule has 0 bridgehead atoms. The zero-order valence-corrected chi connectivity index (χ0v) is 12.8. The first-order valence-corrected chi connectivity index (χ1v) is 8.18. The smallest absolute Gasteiger partial charge is 0.126 e. The van der Waals surface area contributed by atoms with E-state index in [4.69, 9.17) is 0 Å². The Balaban J connectivity index is 2.10. The van der Waals surface area contributed by atoms with E-state index in [1.54, 1.807) is 0 Å². The average Bonchev–Trinajstić information content (AvgIpc) is 2.92. The average molecular weight is 277 g/mol. The zero-order valence-electron chi connectivity index (χ0n) is 12.0. The van der Waals surface area contributed by atoms with Gasteiger partial charge in [-0.25, -0.2) is 0 Å². The molecule has 0 aliphatic carbocycles. The molecule has 3 nitrogen and oxygen atoms in total. The zero-order chi connectivity index (χ0) is 13.5. The maximum absolute atomic E-state index is 4.62. The normalized spacial score (nSPS) is 11.3. The van der Waals surface area contributed by atoms with Gasteiger partial charge in [-0.1, -0.05) is 39.5 Å². The van der Waals surface area contributed by atoms with Crippen molar-refractivity contribution >= 4 is 22.8 Å². The first kappa shape index (κ1) is 14.4. The highest BCUT2D eigenvalue weighted by Gasteiger charge is 2.11. The third-order valence-corrected chi connectivity index (χ3v) is 4.04. The van der Waals surface area contributed by atoms with Crippen LogP contribution in [0.4, 0.5) is 0 Å². The second-order valence-electron chi connectivity index (χ2n) is 5.11. The van der Waals surface area contributed by atoms with Crippen LogP contribution < -0.4 is 0 Å². The van der Waals surface area contributed by atoms with Gasteiger partial charge in [0.15, 0.2) is 0 Å². The summed E-state index contributed by atoms with van der Waals surface area (Å²) in [5.74, 6) is 0. The van der Waals surface area contributed by atoms with Gasteiger partial charge in [-0.2, -0.15) is 8.75 Å². The van der Waals surface area contributed by atoms with Gasteiger partial charge in [0.05, 0.1) is 17.4 Å². The van der Waals surface area contributed by atoms with Crippen molar-refractivity contribution in [3.8, 4) is 0 Å². The molecule has 4 heteroatoms. The molecule has 19 heavy (non-hydrogen) atoms. The molecule has 0 spiro atoms. The van der Waals surface area contributed by atoms with Crippen LogP contribution in [0.15, 0.2) is 6.20 Å². The van der Waals surface area contributed by atoms with E-state index in [0.29, 0.717) is 0 Å². The highest BCUT2D eigenvalue weighted by molar-refractivity contribution is 7.00. The maximum atomic E-state index is 4.62. The summed E-state index contributed by atoms with van der Waals surface area (Å²) in [7, 11) is 0. The summed E-state index contributed by atoms with van der Waals surface area (Å²) in [6.45, 7) is 4.45. The van der Waals surface area contributed by atoms with Gasteiger partial charge in [0.25, 0.3) is 0 Å². The molecule has 2 aromatic rings. The number of hydrogen-bond donors (Lipinski definition) is 0. The molecular formula is C15H23N3S. The lowest BCUT2D eigenvalue weighted by molar-refractivity contribution is 0.667. The van der Waals surface area contributed by atoms with Crippen molar-refractivity contribution in [3.63, 3.8) is 0 Å². The number of fused-ring (bicyclic) bond motifs is 1. The van der Waals surface area contributed by atoms with Crippen LogP contribution in [-0.2, 0) is 12.8 Å². The molecule has 0 saturated carbocycles. The quantitative estimate of drug-likeness (QED) is 0.664. The van der Waals surface area contributed by atoms with Crippen molar-refractivity contribution in [1.82, 2.24) is 13.7 Å². The maximum Gasteiger partial charge on any atom is 0.126 e. The third kappa shape index (κ3) is 3.72. The highest BCUT2D eigenvalue weighted by atomic mass is 32.1. The minimum atomic E-state index is 1.02. The van der Waals surface area contributed by atoms with E-state index in [1.165, 1.54) is 55.8 Å². The Labute approximate surface area is 119 Å². The number of unbranched alkanes of at least 4 members (excludes halogenated alkanes) is 4. The lowest BCUT2D eigenvalue weighted by atomic mass is 10.0. The van der Waals surface area contributed by atoms with Crippen LogP contribution >= 0.6 is 11.7 Å². The number of aryl methyl sites for hydroxylation is 2. The topological polar surface area (TPSA) is 38.7 Å². The Morgan fingerprint density at radius 3 is 2.47 bits per heavy atom. The Bertz CT molecular complexity index is 507. The van der Waals surface area contributed by atoms with Gasteiger partial charge in [0, 0.05) is 6.20 Å². The predicted molar refractivity (Wildman–Crippen MR) is 81.7 cm³/mol. The van der Waals surface area contributed by atoms with Crippen LogP contribution in [0.2, 0.25) is 0 Å². The Morgan fingerprint density at radius 2 is 1.68 bits per heavy atom. The summed E-state index contributed by atoms with van der Waals surface area (Å²) in [6.07, 6.45) is 11.6. The van der Waals surface area contributed by atoms with Gasteiger partial charge in [0.1, 0.15) is 11.0 Å². The summed E-state index contributed by atoms with van der Waals surface area (Å²) >= 11 is 1.32. The predicted octanol–water partition coefficient (Wildman–Crippen LogP) is 4.55. The van der Waals surface area contributed by atoms with Gasteiger partial charge in [-0.3, -0.25) is 4.98 Å². The van der Waals surface area contributed by atoms with Crippen LogP contribution in [-0.4, -0.2) is 13.7 Å². The van der Waals surface area contributed by atoms with Gasteiger partial charge < -0.3 is 0 Å². The number of rotatable bonds is 8. The fourth-order valence-electron chi connectivity index (χ4n) is 2.32. The second-order valence-corrected chi connectivity index (χ2v) is 5.63. The van der Waals surface area contributed by atoms with Gasteiger partial charge >= 0.3 is 0 Å². The molecule has 0 radical (unpaired) electrons. The van der Waals surface area contributed by atoms with Crippen molar-refractivity contribution in [1.29, 1.82) is 0 Å². The van der Waals surface area contributed by atoms with E-state index < -0.39 is 0 Å². The molecule has 0 aliphatic rings. The van der Waals surface area contributed by atoms with Crippen molar-refractivity contribution in [2.75, 3.05) is 0 Å². The third-order valence-electron chi connectivity index (χ3n) is 3.51. The van der Waals surface area contributed by atoms with Crippen molar-refractivity contribution in [2.45, 2.75) is 65.2 Å². The molecule has 0 unspecified atom stereocenters. The van der Waals surface area contributed by atoms with Crippen LogP contribution in [0.5, 0.6) is 0 Å². The van der Waals surface area contributed by atoms with E-state index in [9.17, 15) is 0 Å². The van der Waals surface area contributed by atoms with E-state index in [1.807, 2.05) is 6.20 Å². The SMILES string of the molecule is CCCCCCc1cnc(CCCC)c2nsnc12. The van der Waals surface area contributed by atoms with E-state index in [-0.39, 0.29) is 0 Å². The Kier molecular flexibility index (Phi) is 5.70. The number of hydrogen-bond acceptors (Lipinski definition) is 4. The molecule has 0 amide bonds. The molecule has 104 valence electrons. The molecule has 2 heterocycles. The largest absolute Gasteiger partial charge is 0.259 e. The van der Waals surface area contributed by atoms with Crippen molar-refractivity contribution in [2.24, 2.45) is 0 Å². The highest BCUT2D eigenvalue weighted by Crippen LogP contribution is 2.22. The number of aromatic nitrogens is 3. The molecule has 0 fully saturated rings. The lowest BCUT2D eigenvalue weighted by Gasteiger charge is -2.05. The van der Waals surface area contributed by atoms with E-state index >= 15 is 0 Å². The van der Waals surface area contributed by atoms with Crippen LogP contribution in [0.1, 0.15) is 63.6 Å². The first-order chi connectivity index (χ1) is 9.36. The van der Waals surface area contributed by atoms with Gasteiger partial charge in [-0.15, -0.1) is 0 Å². The van der Waals surface area contributed by atoms with Gasteiger partial charge in [0.2, 0.25) is 0 Å². The van der Waals surface area contributed by atoms with Crippen LogP contribution in [0, 0.1) is 0 Å². The lowest BCUT2D eigenvalue weighted by Crippen LogP contribution is -1.96. The summed E-state index contributed by atoms with van der Waals surface area (Å²) < 4.78 is 8.92. The van der Waals surface area contributed by atoms with E-state index in [2.05, 4.69) is 27.6 Å². The minimum Gasteiger partial charge on any atom is -0.259 e. The Morgan fingerprint density at radius 1 is 0.895 bits per heavy atom. The van der Waals surface area contributed by atoms with Crippen LogP contribution in [0.3, 0.4) is 0 Å². The summed E-state index contributed by atoms with van der Waals surface area (Å²) in [5.41, 5.74) is 4.55. The monoisotopic (exact) mass is 277 g/mol. The van der Waals surface area contributed by atoms with E-state index in [0.717, 1.165) is 29.6 Å². The molecule has 0 aliphatic heterocycles. The number of nitrogens with zero attached hydrogens (tertiary/aromatic N) is 3. The second kappa shape index (κ2) is 7.53. The van der Waals surface area contributed by atoms with Crippen LogP contribution in [0.25, 0.3) is 11.0 Å². The molecule has 0 aromatic carbocycles. The summed E-state index contributed by atoms with van der Waals surface area (Å²) in [6, 6.07) is 0. The standard InChI is InChI=1S/C15H23N3S/c1-3-5-7-8-9-12-11-16-13(10-6-4-2)15-14(12)17-19-18-15/h11H,3-10H2,1-2H3. The molecule has 2 aromatic heterocycles. The summed E-state index contributed by atoms with van der Waals surface area (Å²) in [4.78, 5) is 4.62. The van der Waals surface area contributed by atoms with Crippen molar-refractivity contribution in [3.05, 3.63) is 17.5 Å². The Hall–Kier alpha value is -1.03. The summed E-state index contributed by atoms with van der Waals surface area (Å²) in [5, 5.41) is 0. The fraction of sp³-hybridized carbons (Fsp3) is 0.667. The van der Waals surface area contributed by atoms with Gasteiger partial charge in [-0.05, 0) is 31.2 Å². The van der Waals surface area contributed by atoms with Crippen molar-refractivity contribution < 1.29 is 0 Å². The molecular weight excluding hydrogens is 254 g/mol. The minimum absolute atomic E-state index is 1.02. The molecule has 0 N–H and O–H groups in total. The molecule has 0 atom stereocenters. The molecule has 0 saturated heterocycles. The number of pyridine rings is 1. The molecule has 2 rings (SSSR count). The first-order valence-electron chi connectivity index (χ1n) is 7.45. The fourth-order valence-corrected chi connectivity index (χ4v) is 2.92.